The first-order valence-corrected chi connectivity index (χ1v) is 12.4. The van der Waals surface area contributed by atoms with Crippen LogP contribution in [0, 0.1) is 0 Å². The standard InChI is InChI=1S/C28H25ClN6O/c29-21-10-7-18(17-30-27(36)24-11-8-19-5-1-2-6-22(19)31-24)15-25(21)33-28-32-23-12-9-20(16-26(23)34-28)35-13-3-4-14-35/h1-2,5-12,15-16H,3-4,13-14,17H2,(H,30,36)(H2,32,33,34). The molecule has 3 aromatic carbocycles. The molecule has 6 rings (SSSR count). The van der Waals surface area contributed by atoms with Crippen LogP contribution in [0.3, 0.4) is 0 Å². The first-order valence-electron chi connectivity index (χ1n) is 12.1. The van der Waals surface area contributed by atoms with Gasteiger partial charge in [0.2, 0.25) is 5.95 Å². The number of nitrogens with zero attached hydrogens (tertiary/aromatic N) is 3. The number of fused-ring (bicyclic) bond motifs is 2. The second kappa shape index (κ2) is 9.51. The van der Waals surface area contributed by atoms with Gasteiger partial charge in [0.05, 0.1) is 27.3 Å². The fourth-order valence-electron chi connectivity index (χ4n) is 4.60. The summed E-state index contributed by atoms with van der Waals surface area (Å²) in [5.41, 5.74) is 5.87. The van der Waals surface area contributed by atoms with Crippen molar-refractivity contribution in [2.45, 2.75) is 19.4 Å². The molecule has 0 unspecified atom stereocenters. The molecule has 36 heavy (non-hydrogen) atoms. The van der Waals surface area contributed by atoms with E-state index in [2.05, 4.69) is 43.7 Å². The number of hydrogen-bond donors (Lipinski definition) is 3. The molecule has 7 nitrogen and oxygen atoms in total. The van der Waals surface area contributed by atoms with E-state index in [9.17, 15) is 4.79 Å². The lowest BCUT2D eigenvalue weighted by Gasteiger charge is -2.16. The fourth-order valence-corrected chi connectivity index (χ4v) is 4.76. The maximum atomic E-state index is 12.7. The van der Waals surface area contributed by atoms with Crippen molar-refractivity contribution in [1.82, 2.24) is 20.3 Å². The van der Waals surface area contributed by atoms with Crippen LogP contribution in [0.1, 0.15) is 28.9 Å². The van der Waals surface area contributed by atoms with Crippen LogP contribution < -0.4 is 15.5 Å². The van der Waals surface area contributed by atoms with Crippen molar-refractivity contribution in [2.24, 2.45) is 0 Å². The highest BCUT2D eigenvalue weighted by molar-refractivity contribution is 6.33. The first kappa shape index (κ1) is 22.4. The Hall–Kier alpha value is -4.10. The summed E-state index contributed by atoms with van der Waals surface area (Å²) in [6.45, 7) is 2.53. The van der Waals surface area contributed by atoms with E-state index in [1.54, 1.807) is 6.07 Å². The van der Waals surface area contributed by atoms with E-state index in [0.29, 0.717) is 28.9 Å². The Morgan fingerprint density at radius 1 is 0.944 bits per heavy atom. The maximum Gasteiger partial charge on any atom is 0.270 e. The van der Waals surface area contributed by atoms with E-state index < -0.39 is 0 Å². The highest BCUT2D eigenvalue weighted by Crippen LogP contribution is 2.29. The van der Waals surface area contributed by atoms with Crippen LogP contribution in [-0.4, -0.2) is 33.9 Å². The molecule has 0 saturated carbocycles. The maximum absolute atomic E-state index is 12.7. The van der Waals surface area contributed by atoms with Crippen LogP contribution in [0.5, 0.6) is 0 Å². The van der Waals surface area contributed by atoms with Gasteiger partial charge < -0.3 is 20.5 Å². The number of para-hydroxylation sites is 1. The molecule has 8 heteroatoms. The number of imidazole rings is 1. The van der Waals surface area contributed by atoms with Crippen LogP contribution in [0.25, 0.3) is 21.9 Å². The average Bonchev–Trinajstić information content (AvgIpc) is 3.58. The quantitative estimate of drug-likeness (QED) is 0.267. The minimum atomic E-state index is -0.226. The van der Waals surface area contributed by atoms with Crippen molar-refractivity contribution in [3.63, 3.8) is 0 Å². The molecule has 3 N–H and O–H groups in total. The molecule has 2 aromatic heterocycles. The first-order chi connectivity index (χ1) is 17.6. The molecule has 0 bridgehead atoms. The summed E-state index contributed by atoms with van der Waals surface area (Å²) in [6.07, 6.45) is 2.47. The summed E-state index contributed by atoms with van der Waals surface area (Å²) in [5, 5.41) is 7.81. The van der Waals surface area contributed by atoms with Crippen molar-refractivity contribution in [3.05, 3.63) is 89.1 Å². The number of halogens is 1. The molecule has 0 spiro atoms. The van der Waals surface area contributed by atoms with E-state index in [4.69, 9.17) is 16.6 Å². The van der Waals surface area contributed by atoms with Gasteiger partial charge in [0.1, 0.15) is 5.69 Å². The Kier molecular flexibility index (Phi) is 5.91. The van der Waals surface area contributed by atoms with Gasteiger partial charge in [-0.25, -0.2) is 9.97 Å². The monoisotopic (exact) mass is 496 g/mol. The number of H-pyrrole nitrogens is 1. The number of hydrogen-bond acceptors (Lipinski definition) is 5. The normalized spacial score (nSPS) is 13.4. The van der Waals surface area contributed by atoms with Crippen LogP contribution in [0.2, 0.25) is 5.02 Å². The number of anilines is 3. The molecule has 5 aromatic rings. The van der Waals surface area contributed by atoms with Crippen molar-refractivity contribution >= 4 is 56.8 Å². The third-order valence-corrected chi connectivity index (χ3v) is 6.84. The molecule has 0 atom stereocenters. The molecule has 0 radical (unpaired) electrons. The average molecular weight is 497 g/mol. The van der Waals surface area contributed by atoms with Gasteiger partial charge in [-0.2, -0.15) is 0 Å². The molecule has 3 heterocycles. The minimum absolute atomic E-state index is 0.226. The lowest BCUT2D eigenvalue weighted by molar-refractivity contribution is 0.0946. The Morgan fingerprint density at radius 2 is 1.81 bits per heavy atom. The summed E-state index contributed by atoms with van der Waals surface area (Å²) < 4.78 is 0. The Morgan fingerprint density at radius 3 is 2.69 bits per heavy atom. The van der Waals surface area contributed by atoms with E-state index in [-0.39, 0.29) is 5.91 Å². The number of nitrogens with one attached hydrogen (secondary N) is 3. The summed E-state index contributed by atoms with van der Waals surface area (Å²) >= 11 is 6.46. The zero-order valence-corrected chi connectivity index (χ0v) is 20.3. The molecule has 1 amide bonds. The van der Waals surface area contributed by atoms with Gasteiger partial charge in [-0.05, 0) is 60.9 Å². The predicted octanol–water partition coefficient (Wildman–Crippen LogP) is 6.04. The van der Waals surface area contributed by atoms with Gasteiger partial charge in [0, 0.05) is 30.7 Å². The van der Waals surface area contributed by atoms with Gasteiger partial charge in [0.15, 0.2) is 0 Å². The lowest BCUT2D eigenvalue weighted by Crippen LogP contribution is -2.23. The third kappa shape index (κ3) is 4.57. The zero-order chi connectivity index (χ0) is 24.5. The second-order valence-corrected chi connectivity index (χ2v) is 9.40. The van der Waals surface area contributed by atoms with Crippen molar-refractivity contribution in [3.8, 4) is 0 Å². The van der Waals surface area contributed by atoms with Crippen molar-refractivity contribution in [1.29, 1.82) is 0 Å². The van der Waals surface area contributed by atoms with Crippen LogP contribution >= 0.6 is 11.6 Å². The van der Waals surface area contributed by atoms with Gasteiger partial charge in [-0.15, -0.1) is 0 Å². The number of carbonyl (C=O) groups excluding carboxylic acids is 1. The number of aromatic nitrogens is 3. The molecule has 1 aliphatic heterocycles. The number of pyridine rings is 1. The molecule has 180 valence electrons. The minimum Gasteiger partial charge on any atom is -0.371 e. The molecule has 0 aliphatic carbocycles. The van der Waals surface area contributed by atoms with E-state index in [1.165, 1.54) is 18.5 Å². The SMILES string of the molecule is O=C(NCc1ccc(Cl)c(Nc2nc3cc(N4CCCC4)ccc3[nH]2)c1)c1ccc2ccccc2n1. The third-order valence-electron chi connectivity index (χ3n) is 6.51. The largest absolute Gasteiger partial charge is 0.371 e. The molecule has 1 saturated heterocycles. The highest BCUT2D eigenvalue weighted by atomic mass is 35.5. The number of aromatic amines is 1. The smallest absolute Gasteiger partial charge is 0.270 e. The molecular formula is C28H25ClN6O. The Labute approximate surface area is 213 Å². The van der Waals surface area contributed by atoms with Gasteiger partial charge in [0.25, 0.3) is 5.91 Å². The topological polar surface area (TPSA) is 85.9 Å². The predicted molar refractivity (Wildman–Crippen MR) is 145 cm³/mol. The Bertz CT molecular complexity index is 1570. The van der Waals surface area contributed by atoms with Crippen LogP contribution in [-0.2, 0) is 6.54 Å². The van der Waals surface area contributed by atoms with Gasteiger partial charge >= 0.3 is 0 Å². The summed E-state index contributed by atoms with van der Waals surface area (Å²) in [5.74, 6) is 0.392. The summed E-state index contributed by atoms with van der Waals surface area (Å²) in [6, 6.07) is 23.3. The van der Waals surface area contributed by atoms with Crippen molar-refractivity contribution in [2.75, 3.05) is 23.3 Å². The summed E-state index contributed by atoms with van der Waals surface area (Å²) in [4.78, 5) is 27.6. The number of rotatable bonds is 6. The molecular weight excluding hydrogens is 472 g/mol. The van der Waals surface area contributed by atoms with Crippen LogP contribution in [0.4, 0.5) is 17.3 Å². The second-order valence-electron chi connectivity index (χ2n) is 8.99. The highest BCUT2D eigenvalue weighted by Gasteiger charge is 2.14. The van der Waals surface area contributed by atoms with E-state index >= 15 is 0 Å². The van der Waals surface area contributed by atoms with Crippen LogP contribution in [0.15, 0.2) is 72.8 Å². The number of carbonyl (C=O) groups is 1. The lowest BCUT2D eigenvalue weighted by atomic mass is 10.2. The fraction of sp³-hybridized carbons (Fsp3) is 0.179. The van der Waals surface area contributed by atoms with Gasteiger partial charge in [-0.1, -0.05) is 41.9 Å². The molecule has 1 fully saturated rings. The van der Waals surface area contributed by atoms with E-state index in [1.807, 2.05) is 48.5 Å². The molecule has 1 aliphatic rings. The van der Waals surface area contributed by atoms with E-state index in [0.717, 1.165) is 40.6 Å². The Balaban J connectivity index is 1.16. The van der Waals surface area contributed by atoms with Crippen molar-refractivity contribution < 1.29 is 4.79 Å². The summed E-state index contributed by atoms with van der Waals surface area (Å²) in [7, 11) is 0. The van der Waals surface area contributed by atoms with Gasteiger partial charge in [-0.3, -0.25) is 4.79 Å². The number of amides is 1. The number of benzene rings is 3. The zero-order valence-electron chi connectivity index (χ0n) is 19.6.